The van der Waals surface area contributed by atoms with Gasteiger partial charge in [0.15, 0.2) is 17.3 Å². The molecule has 0 fully saturated rings. The first-order valence-electron chi connectivity index (χ1n) is 8.83. The highest BCUT2D eigenvalue weighted by atomic mass is 16.5. The van der Waals surface area contributed by atoms with E-state index in [0.29, 0.717) is 40.1 Å². The molecule has 2 N–H and O–H groups in total. The van der Waals surface area contributed by atoms with E-state index in [1.165, 1.54) is 0 Å². The highest BCUT2D eigenvalue weighted by Gasteiger charge is 2.17. The van der Waals surface area contributed by atoms with E-state index >= 15 is 0 Å². The van der Waals surface area contributed by atoms with Crippen molar-refractivity contribution in [1.82, 2.24) is 10.2 Å². The van der Waals surface area contributed by atoms with Crippen LogP contribution in [0.4, 0.5) is 5.82 Å². The molecule has 0 bridgehead atoms. The van der Waals surface area contributed by atoms with Crippen molar-refractivity contribution in [2.75, 3.05) is 33.8 Å². The first-order chi connectivity index (χ1) is 14.0. The van der Waals surface area contributed by atoms with Crippen LogP contribution < -0.4 is 24.3 Å². The SMILES string of the molecule is COc1cccc(C(=O)Nc2cc(-c3cc(OC)c(OC)c(OC)c3)[nH]n2)c1C. The van der Waals surface area contributed by atoms with Crippen molar-refractivity contribution in [2.24, 2.45) is 0 Å². The summed E-state index contributed by atoms with van der Waals surface area (Å²) in [7, 11) is 6.22. The third kappa shape index (κ3) is 3.96. The Bertz CT molecular complexity index is 1000. The van der Waals surface area contributed by atoms with Gasteiger partial charge in [-0.2, -0.15) is 5.10 Å². The fraction of sp³-hybridized carbons (Fsp3) is 0.238. The summed E-state index contributed by atoms with van der Waals surface area (Å²) < 4.78 is 21.4. The van der Waals surface area contributed by atoms with Crippen LogP contribution in [0.1, 0.15) is 15.9 Å². The van der Waals surface area contributed by atoms with E-state index in [9.17, 15) is 4.79 Å². The minimum absolute atomic E-state index is 0.274. The van der Waals surface area contributed by atoms with Crippen LogP contribution in [0.5, 0.6) is 23.0 Å². The van der Waals surface area contributed by atoms with E-state index in [4.69, 9.17) is 18.9 Å². The number of methoxy groups -OCH3 is 4. The monoisotopic (exact) mass is 397 g/mol. The molecule has 0 spiro atoms. The second-order valence-electron chi connectivity index (χ2n) is 6.17. The van der Waals surface area contributed by atoms with Crippen LogP contribution in [0.25, 0.3) is 11.3 Å². The summed E-state index contributed by atoms with van der Waals surface area (Å²) in [6.45, 7) is 1.83. The Morgan fingerprint density at radius 1 is 0.931 bits per heavy atom. The van der Waals surface area contributed by atoms with Gasteiger partial charge in [0.1, 0.15) is 5.75 Å². The maximum absolute atomic E-state index is 12.7. The Balaban J connectivity index is 1.87. The number of aromatic amines is 1. The van der Waals surface area contributed by atoms with Crippen LogP contribution in [0.2, 0.25) is 0 Å². The second-order valence-corrected chi connectivity index (χ2v) is 6.17. The molecule has 2 aromatic carbocycles. The molecule has 8 nitrogen and oxygen atoms in total. The third-order valence-electron chi connectivity index (χ3n) is 4.54. The summed E-state index contributed by atoms with van der Waals surface area (Å²) >= 11 is 0. The molecule has 0 radical (unpaired) electrons. The van der Waals surface area contributed by atoms with Crippen molar-refractivity contribution in [3.8, 4) is 34.3 Å². The molecule has 0 aliphatic rings. The Labute approximate surface area is 168 Å². The first-order valence-corrected chi connectivity index (χ1v) is 8.83. The van der Waals surface area contributed by atoms with E-state index in [1.807, 2.05) is 13.0 Å². The molecule has 0 aliphatic heterocycles. The molecule has 1 heterocycles. The van der Waals surface area contributed by atoms with Crippen LogP contribution in [0, 0.1) is 6.92 Å². The Hall–Kier alpha value is -3.68. The van der Waals surface area contributed by atoms with Gasteiger partial charge in [0.05, 0.1) is 34.1 Å². The average molecular weight is 397 g/mol. The number of carbonyl (C=O) groups excluding carboxylic acids is 1. The minimum Gasteiger partial charge on any atom is -0.496 e. The number of carbonyl (C=O) groups is 1. The molecule has 0 saturated carbocycles. The second kappa shape index (κ2) is 8.55. The number of ether oxygens (including phenoxy) is 4. The van der Waals surface area contributed by atoms with Crippen molar-refractivity contribution < 1.29 is 23.7 Å². The molecule has 29 heavy (non-hydrogen) atoms. The standard InChI is InChI=1S/C21H23N3O5/c1-12-14(7-6-8-16(12)26-2)21(25)22-19-11-15(23-24-19)13-9-17(27-3)20(29-5)18(10-13)28-4/h6-11H,1-5H3,(H2,22,23,24,25). The van der Waals surface area contributed by atoms with E-state index in [0.717, 1.165) is 11.1 Å². The summed E-state index contributed by atoms with van der Waals surface area (Å²) in [5.74, 6) is 2.31. The Morgan fingerprint density at radius 2 is 1.59 bits per heavy atom. The molecule has 8 heteroatoms. The summed E-state index contributed by atoms with van der Waals surface area (Å²) in [4.78, 5) is 12.7. The van der Waals surface area contributed by atoms with Gasteiger partial charge in [-0.3, -0.25) is 9.89 Å². The molecule has 3 rings (SSSR count). The lowest BCUT2D eigenvalue weighted by Crippen LogP contribution is -2.14. The van der Waals surface area contributed by atoms with Gasteiger partial charge in [-0.1, -0.05) is 6.07 Å². The zero-order valence-corrected chi connectivity index (χ0v) is 17.0. The fourth-order valence-corrected chi connectivity index (χ4v) is 3.04. The van der Waals surface area contributed by atoms with Crippen molar-refractivity contribution in [2.45, 2.75) is 6.92 Å². The van der Waals surface area contributed by atoms with Crippen LogP contribution in [0.3, 0.4) is 0 Å². The van der Waals surface area contributed by atoms with Gasteiger partial charge in [-0.05, 0) is 31.2 Å². The number of hydrogen-bond donors (Lipinski definition) is 2. The predicted molar refractivity (Wildman–Crippen MR) is 109 cm³/mol. The fourth-order valence-electron chi connectivity index (χ4n) is 3.04. The van der Waals surface area contributed by atoms with Crippen LogP contribution in [-0.2, 0) is 0 Å². The number of benzene rings is 2. The molecule has 0 unspecified atom stereocenters. The zero-order chi connectivity index (χ0) is 21.0. The van der Waals surface area contributed by atoms with Gasteiger partial charge in [-0.25, -0.2) is 0 Å². The molecular formula is C21H23N3O5. The molecular weight excluding hydrogens is 374 g/mol. The predicted octanol–water partition coefficient (Wildman–Crippen LogP) is 3.67. The quantitative estimate of drug-likeness (QED) is 0.632. The number of hydrogen-bond acceptors (Lipinski definition) is 6. The Morgan fingerprint density at radius 3 is 2.17 bits per heavy atom. The molecule has 0 saturated heterocycles. The lowest BCUT2D eigenvalue weighted by molar-refractivity contribution is 0.102. The summed E-state index contributed by atoms with van der Waals surface area (Å²) in [6, 6.07) is 10.6. The van der Waals surface area contributed by atoms with Gasteiger partial charge >= 0.3 is 0 Å². The molecule has 3 aromatic rings. The van der Waals surface area contributed by atoms with Crippen LogP contribution in [0.15, 0.2) is 36.4 Å². The maximum Gasteiger partial charge on any atom is 0.257 e. The van der Waals surface area contributed by atoms with E-state index in [1.54, 1.807) is 58.8 Å². The topological polar surface area (TPSA) is 94.7 Å². The van der Waals surface area contributed by atoms with Crippen LogP contribution >= 0.6 is 0 Å². The number of rotatable bonds is 7. The van der Waals surface area contributed by atoms with E-state index < -0.39 is 0 Å². The lowest BCUT2D eigenvalue weighted by atomic mass is 10.1. The normalized spacial score (nSPS) is 10.4. The summed E-state index contributed by atoms with van der Waals surface area (Å²) in [5.41, 5.74) is 2.72. The maximum atomic E-state index is 12.7. The van der Waals surface area contributed by atoms with Crippen molar-refractivity contribution in [3.05, 3.63) is 47.5 Å². The zero-order valence-electron chi connectivity index (χ0n) is 17.0. The lowest BCUT2D eigenvalue weighted by Gasteiger charge is -2.13. The largest absolute Gasteiger partial charge is 0.496 e. The number of aromatic nitrogens is 2. The number of amides is 1. The van der Waals surface area contributed by atoms with Gasteiger partial charge in [0.25, 0.3) is 5.91 Å². The average Bonchev–Trinajstić information content (AvgIpc) is 3.21. The van der Waals surface area contributed by atoms with Crippen LogP contribution in [-0.4, -0.2) is 44.5 Å². The molecule has 1 aromatic heterocycles. The summed E-state index contributed by atoms with van der Waals surface area (Å²) in [5, 5.41) is 9.89. The van der Waals surface area contributed by atoms with Gasteiger partial charge in [-0.15, -0.1) is 0 Å². The van der Waals surface area contributed by atoms with Gasteiger partial charge in [0, 0.05) is 22.8 Å². The van der Waals surface area contributed by atoms with Crippen molar-refractivity contribution in [1.29, 1.82) is 0 Å². The van der Waals surface area contributed by atoms with Gasteiger partial charge < -0.3 is 24.3 Å². The molecule has 0 aliphatic carbocycles. The number of nitrogens with zero attached hydrogens (tertiary/aromatic N) is 1. The highest BCUT2D eigenvalue weighted by molar-refractivity contribution is 6.05. The molecule has 1 amide bonds. The third-order valence-corrected chi connectivity index (χ3v) is 4.54. The smallest absolute Gasteiger partial charge is 0.257 e. The summed E-state index contributed by atoms with van der Waals surface area (Å²) in [6.07, 6.45) is 0. The van der Waals surface area contributed by atoms with Gasteiger partial charge in [0.2, 0.25) is 5.75 Å². The number of nitrogens with one attached hydrogen (secondary N) is 2. The van der Waals surface area contributed by atoms with Crippen molar-refractivity contribution >= 4 is 11.7 Å². The van der Waals surface area contributed by atoms with E-state index in [-0.39, 0.29) is 5.91 Å². The van der Waals surface area contributed by atoms with Crippen molar-refractivity contribution in [3.63, 3.8) is 0 Å². The molecule has 0 atom stereocenters. The Kier molecular flexibility index (Phi) is 5.92. The number of H-pyrrole nitrogens is 1. The highest BCUT2D eigenvalue weighted by Crippen LogP contribution is 2.41. The minimum atomic E-state index is -0.274. The first kappa shape index (κ1) is 20.1. The molecule has 152 valence electrons. The number of anilines is 1. The van der Waals surface area contributed by atoms with E-state index in [2.05, 4.69) is 15.5 Å².